The summed E-state index contributed by atoms with van der Waals surface area (Å²) < 4.78 is 7.26. The Bertz CT molecular complexity index is 550. The molecule has 0 bridgehead atoms. The Kier molecular flexibility index (Phi) is 4.80. The lowest BCUT2D eigenvalue weighted by atomic mass is 10.1. The van der Waals surface area contributed by atoms with Crippen LogP contribution in [0.25, 0.3) is 0 Å². The minimum atomic E-state index is 0.0959. The molecule has 0 spiro atoms. The third-order valence-corrected chi connectivity index (χ3v) is 4.24. The zero-order valence-corrected chi connectivity index (χ0v) is 13.3. The van der Waals surface area contributed by atoms with Crippen molar-refractivity contribution in [3.05, 3.63) is 33.6 Å². The fourth-order valence-electron chi connectivity index (χ4n) is 2.58. The molecule has 0 saturated carbocycles. The zero-order valence-electron chi connectivity index (χ0n) is 12.5. The number of hydrogen-bond acceptors (Lipinski definition) is 5. The molecule has 2 N–H and O–H groups in total. The van der Waals surface area contributed by atoms with Gasteiger partial charge < -0.3 is 10.5 Å². The summed E-state index contributed by atoms with van der Waals surface area (Å²) in [6.07, 6.45) is 0. The van der Waals surface area contributed by atoms with Crippen molar-refractivity contribution in [2.75, 3.05) is 20.7 Å². The number of aryl methyl sites for hydroxylation is 2. The lowest BCUT2D eigenvalue weighted by molar-refractivity contribution is 0.234. The standard InChI is InChI=1S/C14H22N4OS/c1-10-13(14(19-4)18(3)16-10)12(7-15)17(2)8-11-5-6-20-9-11/h5-6,9,12H,7-8,15H2,1-4H3. The first-order chi connectivity index (χ1) is 9.58. The number of nitrogens with zero attached hydrogens (tertiary/aromatic N) is 3. The second-order valence-electron chi connectivity index (χ2n) is 4.93. The minimum absolute atomic E-state index is 0.0959. The largest absolute Gasteiger partial charge is 0.481 e. The number of likely N-dealkylation sites (N-methyl/N-ethyl adjacent to an activating group) is 1. The number of rotatable bonds is 6. The van der Waals surface area contributed by atoms with Crippen LogP contribution < -0.4 is 10.5 Å². The SMILES string of the molecule is COc1c(C(CN)N(C)Cc2ccsc2)c(C)nn1C. The smallest absolute Gasteiger partial charge is 0.216 e. The van der Waals surface area contributed by atoms with Crippen molar-refractivity contribution in [2.24, 2.45) is 12.8 Å². The van der Waals surface area contributed by atoms with Gasteiger partial charge in [-0.3, -0.25) is 4.90 Å². The Labute approximate surface area is 124 Å². The van der Waals surface area contributed by atoms with E-state index in [0.717, 1.165) is 23.7 Å². The highest BCUT2D eigenvalue weighted by Gasteiger charge is 2.25. The molecular formula is C14H22N4OS. The molecule has 0 saturated heterocycles. The predicted octanol–water partition coefficient (Wildman–Crippen LogP) is 1.93. The van der Waals surface area contributed by atoms with E-state index in [1.807, 2.05) is 14.0 Å². The number of nitrogens with two attached hydrogens (primary N) is 1. The van der Waals surface area contributed by atoms with Gasteiger partial charge in [-0.1, -0.05) is 0 Å². The summed E-state index contributed by atoms with van der Waals surface area (Å²) in [4.78, 5) is 2.24. The van der Waals surface area contributed by atoms with Crippen molar-refractivity contribution in [1.82, 2.24) is 14.7 Å². The monoisotopic (exact) mass is 294 g/mol. The molecule has 2 aromatic rings. The van der Waals surface area contributed by atoms with E-state index >= 15 is 0 Å². The molecule has 0 aliphatic heterocycles. The molecule has 5 nitrogen and oxygen atoms in total. The highest BCUT2D eigenvalue weighted by Crippen LogP contribution is 2.31. The van der Waals surface area contributed by atoms with Gasteiger partial charge in [0, 0.05) is 20.1 Å². The first-order valence-corrected chi connectivity index (χ1v) is 7.51. The van der Waals surface area contributed by atoms with E-state index in [2.05, 4.69) is 33.9 Å². The molecule has 1 atom stereocenters. The molecule has 0 fully saturated rings. The quantitative estimate of drug-likeness (QED) is 0.884. The molecule has 0 aliphatic carbocycles. The van der Waals surface area contributed by atoms with Crippen LogP contribution in [-0.4, -0.2) is 35.4 Å². The summed E-state index contributed by atoms with van der Waals surface area (Å²) >= 11 is 1.71. The van der Waals surface area contributed by atoms with E-state index in [4.69, 9.17) is 10.5 Å². The van der Waals surface area contributed by atoms with Crippen molar-refractivity contribution >= 4 is 11.3 Å². The van der Waals surface area contributed by atoms with Gasteiger partial charge in [0.2, 0.25) is 5.88 Å². The summed E-state index contributed by atoms with van der Waals surface area (Å²) in [5, 5.41) is 8.70. The maximum Gasteiger partial charge on any atom is 0.216 e. The summed E-state index contributed by atoms with van der Waals surface area (Å²) in [5.74, 6) is 0.787. The predicted molar refractivity (Wildman–Crippen MR) is 82.1 cm³/mol. The molecule has 0 radical (unpaired) electrons. The number of hydrogen-bond donors (Lipinski definition) is 1. The molecule has 6 heteroatoms. The summed E-state index contributed by atoms with van der Waals surface area (Å²) in [6.45, 7) is 3.39. The number of ether oxygens (including phenoxy) is 1. The summed E-state index contributed by atoms with van der Waals surface area (Å²) in [7, 11) is 5.65. The Balaban J connectivity index is 2.27. The Morgan fingerprint density at radius 3 is 2.85 bits per heavy atom. The minimum Gasteiger partial charge on any atom is -0.481 e. The zero-order chi connectivity index (χ0) is 14.7. The third-order valence-electron chi connectivity index (χ3n) is 3.51. The van der Waals surface area contributed by atoms with Crippen molar-refractivity contribution < 1.29 is 4.74 Å². The number of aromatic nitrogens is 2. The molecule has 1 unspecified atom stereocenters. The third kappa shape index (κ3) is 2.87. The topological polar surface area (TPSA) is 56.3 Å². The van der Waals surface area contributed by atoms with Gasteiger partial charge in [0.15, 0.2) is 0 Å². The first kappa shape index (κ1) is 15.0. The second kappa shape index (κ2) is 6.39. The molecule has 0 aliphatic rings. The molecule has 0 aromatic carbocycles. The van der Waals surface area contributed by atoms with Gasteiger partial charge in [0.25, 0.3) is 0 Å². The number of methoxy groups -OCH3 is 1. The molecule has 2 aromatic heterocycles. The van der Waals surface area contributed by atoms with Crippen LogP contribution in [0.5, 0.6) is 5.88 Å². The van der Waals surface area contributed by atoms with Crippen LogP contribution in [0.4, 0.5) is 0 Å². The maximum absolute atomic E-state index is 6.00. The fraction of sp³-hybridized carbons (Fsp3) is 0.500. The van der Waals surface area contributed by atoms with Crippen LogP contribution in [0, 0.1) is 6.92 Å². The van der Waals surface area contributed by atoms with Crippen molar-refractivity contribution in [3.8, 4) is 5.88 Å². The van der Waals surface area contributed by atoms with Crippen LogP contribution in [-0.2, 0) is 13.6 Å². The second-order valence-corrected chi connectivity index (χ2v) is 5.71. The van der Waals surface area contributed by atoms with Crippen LogP contribution in [0.3, 0.4) is 0 Å². The van der Waals surface area contributed by atoms with Gasteiger partial charge in [-0.05, 0) is 36.4 Å². The lowest BCUT2D eigenvalue weighted by Gasteiger charge is -2.27. The van der Waals surface area contributed by atoms with Gasteiger partial charge in [0.1, 0.15) is 0 Å². The fourth-order valence-corrected chi connectivity index (χ4v) is 3.24. The maximum atomic E-state index is 6.00. The van der Waals surface area contributed by atoms with E-state index in [0.29, 0.717) is 6.54 Å². The van der Waals surface area contributed by atoms with Crippen LogP contribution >= 0.6 is 11.3 Å². The van der Waals surface area contributed by atoms with Crippen LogP contribution in [0.2, 0.25) is 0 Å². The Morgan fingerprint density at radius 1 is 1.55 bits per heavy atom. The van der Waals surface area contributed by atoms with E-state index < -0.39 is 0 Å². The normalized spacial score (nSPS) is 12.9. The Morgan fingerprint density at radius 2 is 2.30 bits per heavy atom. The van der Waals surface area contributed by atoms with Gasteiger partial charge in [0.05, 0.1) is 24.4 Å². The molecule has 0 amide bonds. The van der Waals surface area contributed by atoms with Crippen molar-refractivity contribution in [2.45, 2.75) is 19.5 Å². The van der Waals surface area contributed by atoms with E-state index in [1.54, 1.807) is 23.1 Å². The summed E-state index contributed by atoms with van der Waals surface area (Å²) in [5.41, 5.74) is 9.36. The van der Waals surface area contributed by atoms with Crippen molar-refractivity contribution in [3.63, 3.8) is 0 Å². The van der Waals surface area contributed by atoms with Crippen LogP contribution in [0.15, 0.2) is 16.8 Å². The van der Waals surface area contributed by atoms with Gasteiger partial charge >= 0.3 is 0 Å². The number of thiophene rings is 1. The Hall–Kier alpha value is -1.37. The highest BCUT2D eigenvalue weighted by atomic mass is 32.1. The van der Waals surface area contributed by atoms with Crippen LogP contribution in [0.1, 0.15) is 22.9 Å². The lowest BCUT2D eigenvalue weighted by Crippen LogP contribution is -2.30. The van der Waals surface area contributed by atoms with Gasteiger partial charge in [-0.2, -0.15) is 16.4 Å². The average molecular weight is 294 g/mol. The molecule has 110 valence electrons. The molecule has 2 rings (SSSR count). The average Bonchev–Trinajstić information content (AvgIpc) is 2.99. The van der Waals surface area contributed by atoms with E-state index in [9.17, 15) is 0 Å². The molecular weight excluding hydrogens is 272 g/mol. The van der Waals surface area contributed by atoms with Gasteiger partial charge in [-0.15, -0.1) is 0 Å². The van der Waals surface area contributed by atoms with E-state index in [1.165, 1.54) is 5.56 Å². The van der Waals surface area contributed by atoms with E-state index in [-0.39, 0.29) is 6.04 Å². The molecule has 2 heterocycles. The molecule has 20 heavy (non-hydrogen) atoms. The van der Waals surface area contributed by atoms with Gasteiger partial charge in [-0.25, -0.2) is 4.68 Å². The highest BCUT2D eigenvalue weighted by molar-refractivity contribution is 7.07. The first-order valence-electron chi connectivity index (χ1n) is 6.57. The summed E-state index contributed by atoms with van der Waals surface area (Å²) in [6, 6.07) is 2.24. The van der Waals surface area contributed by atoms with Crippen molar-refractivity contribution in [1.29, 1.82) is 0 Å².